The normalized spacial score (nSPS) is 10.5. The van der Waals surface area contributed by atoms with Crippen LogP contribution in [0.2, 0.25) is 4.34 Å². The van der Waals surface area contributed by atoms with E-state index in [0.717, 1.165) is 28.3 Å². The van der Waals surface area contributed by atoms with Crippen LogP contribution >= 0.6 is 38.9 Å². The molecule has 0 radical (unpaired) electrons. The van der Waals surface area contributed by atoms with Crippen LogP contribution in [0.15, 0.2) is 10.5 Å². The van der Waals surface area contributed by atoms with Crippen molar-refractivity contribution in [1.29, 1.82) is 0 Å². The van der Waals surface area contributed by atoms with Gasteiger partial charge in [0.05, 0.1) is 0 Å². The molecule has 3 nitrogen and oxygen atoms in total. The molecule has 0 bridgehead atoms. The number of hydrogen-bond acceptors (Lipinski definition) is 3. The maximum Gasteiger partial charge on any atom is 0.217 e. The van der Waals surface area contributed by atoms with Crippen molar-refractivity contribution >= 4 is 44.8 Å². The molecule has 6 heteroatoms. The Hall–Kier alpha value is -0.100. The summed E-state index contributed by atoms with van der Waals surface area (Å²) in [4.78, 5) is 11.6. The van der Waals surface area contributed by atoms with Crippen LogP contribution in [-0.4, -0.2) is 12.5 Å². The third kappa shape index (κ3) is 4.97. The molecular weight excluding hydrogens is 300 g/mol. The van der Waals surface area contributed by atoms with Gasteiger partial charge in [0, 0.05) is 22.3 Å². The summed E-state index contributed by atoms with van der Waals surface area (Å²) >= 11 is 10.8. The van der Waals surface area contributed by atoms with Crippen molar-refractivity contribution in [3.05, 3.63) is 19.8 Å². The maximum absolute atomic E-state index is 10.5. The molecule has 1 aromatic rings. The first-order valence-electron chi connectivity index (χ1n) is 4.52. The van der Waals surface area contributed by atoms with Gasteiger partial charge in [0.1, 0.15) is 4.34 Å². The number of carbonyl (C=O) groups is 1. The van der Waals surface area contributed by atoms with Gasteiger partial charge < -0.3 is 11.1 Å². The Labute approximate surface area is 106 Å². The van der Waals surface area contributed by atoms with Gasteiger partial charge in [-0.2, -0.15) is 0 Å². The fourth-order valence-corrected chi connectivity index (χ4v) is 2.84. The van der Waals surface area contributed by atoms with Crippen molar-refractivity contribution in [3.8, 4) is 0 Å². The van der Waals surface area contributed by atoms with E-state index in [1.165, 1.54) is 4.88 Å². The van der Waals surface area contributed by atoms with Crippen LogP contribution in [0.4, 0.5) is 0 Å². The lowest BCUT2D eigenvalue weighted by Crippen LogP contribution is -2.17. The number of rotatable bonds is 6. The lowest BCUT2D eigenvalue weighted by molar-refractivity contribution is -0.118. The zero-order chi connectivity index (χ0) is 11.3. The minimum atomic E-state index is -0.251. The fraction of sp³-hybridized carbons (Fsp3) is 0.444. The first kappa shape index (κ1) is 13.0. The van der Waals surface area contributed by atoms with Crippen LogP contribution in [0.5, 0.6) is 0 Å². The molecule has 0 aromatic carbocycles. The van der Waals surface area contributed by atoms with E-state index in [2.05, 4.69) is 21.2 Å². The number of nitrogens with two attached hydrogens (primary N) is 1. The number of hydrogen-bond donors (Lipinski definition) is 2. The molecule has 0 aliphatic carbocycles. The summed E-state index contributed by atoms with van der Waals surface area (Å²) in [5.74, 6) is -0.251. The SMILES string of the molecule is NC(=O)CCCNCc1cc(Br)c(Cl)s1. The van der Waals surface area contributed by atoms with Crippen molar-refractivity contribution in [3.63, 3.8) is 0 Å². The quantitative estimate of drug-likeness (QED) is 0.793. The third-order valence-electron chi connectivity index (χ3n) is 1.77. The average molecular weight is 312 g/mol. The second-order valence-electron chi connectivity index (χ2n) is 3.08. The van der Waals surface area contributed by atoms with Gasteiger partial charge in [0.2, 0.25) is 5.91 Å². The molecule has 3 N–H and O–H groups in total. The summed E-state index contributed by atoms with van der Waals surface area (Å²) in [6.45, 7) is 1.56. The van der Waals surface area contributed by atoms with Gasteiger partial charge in [-0.15, -0.1) is 11.3 Å². The summed E-state index contributed by atoms with van der Waals surface area (Å²) in [5, 5.41) is 3.22. The van der Waals surface area contributed by atoms with Crippen molar-refractivity contribution in [2.45, 2.75) is 19.4 Å². The van der Waals surface area contributed by atoms with E-state index in [1.807, 2.05) is 6.07 Å². The fourth-order valence-electron chi connectivity index (χ4n) is 1.08. The zero-order valence-corrected chi connectivity index (χ0v) is 11.2. The minimum absolute atomic E-state index is 0.251. The monoisotopic (exact) mass is 310 g/mol. The molecule has 0 spiro atoms. The molecular formula is C9H12BrClN2OS. The summed E-state index contributed by atoms with van der Waals surface area (Å²) in [5.41, 5.74) is 5.02. The largest absolute Gasteiger partial charge is 0.370 e. The highest BCUT2D eigenvalue weighted by atomic mass is 79.9. The zero-order valence-electron chi connectivity index (χ0n) is 8.06. The van der Waals surface area contributed by atoms with Gasteiger partial charge in [0.15, 0.2) is 0 Å². The van der Waals surface area contributed by atoms with E-state index in [9.17, 15) is 4.79 Å². The predicted molar refractivity (Wildman–Crippen MR) is 67.2 cm³/mol. The number of amides is 1. The average Bonchev–Trinajstić information content (AvgIpc) is 2.45. The number of primary amides is 1. The maximum atomic E-state index is 10.5. The minimum Gasteiger partial charge on any atom is -0.370 e. The highest BCUT2D eigenvalue weighted by Gasteiger charge is 2.03. The molecule has 0 aliphatic heterocycles. The van der Waals surface area contributed by atoms with E-state index in [4.69, 9.17) is 17.3 Å². The summed E-state index contributed by atoms with van der Waals surface area (Å²) in [6.07, 6.45) is 1.21. The van der Waals surface area contributed by atoms with Gasteiger partial charge >= 0.3 is 0 Å². The Balaban J connectivity index is 2.18. The van der Waals surface area contributed by atoms with Gasteiger partial charge in [0.25, 0.3) is 0 Å². The first-order valence-corrected chi connectivity index (χ1v) is 6.51. The number of carbonyl (C=O) groups excluding carboxylic acids is 1. The van der Waals surface area contributed by atoms with Crippen molar-refractivity contribution in [2.75, 3.05) is 6.54 Å². The Morgan fingerprint density at radius 3 is 2.93 bits per heavy atom. The first-order chi connectivity index (χ1) is 7.09. The van der Waals surface area contributed by atoms with Crippen molar-refractivity contribution in [1.82, 2.24) is 5.32 Å². The number of halogens is 2. The second-order valence-corrected chi connectivity index (χ2v) is 5.67. The summed E-state index contributed by atoms with van der Waals surface area (Å²) in [6, 6.07) is 1.99. The highest BCUT2D eigenvalue weighted by Crippen LogP contribution is 2.31. The van der Waals surface area contributed by atoms with Crippen LogP contribution < -0.4 is 11.1 Å². The van der Waals surface area contributed by atoms with E-state index in [0.29, 0.717) is 6.42 Å². The predicted octanol–water partition coefficient (Wildman–Crippen LogP) is 2.52. The van der Waals surface area contributed by atoms with Crippen molar-refractivity contribution < 1.29 is 4.79 Å². The van der Waals surface area contributed by atoms with Gasteiger partial charge in [-0.3, -0.25) is 4.79 Å². The lowest BCUT2D eigenvalue weighted by atomic mass is 10.3. The number of thiophene rings is 1. The van der Waals surface area contributed by atoms with Gasteiger partial charge in [-0.25, -0.2) is 0 Å². The molecule has 0 unspecified atom stereocenters. The Bertz CT molecular complexity index is 323. The molecule has 1 heterocycles. The standard InChI is InChI=1S/C9H12BrClN2OS/c10-7-4-6(15-9(7)11)5-13-3-1-2-8(12)14/h4,13H,1-3,5H2,(H2,12,14). The number of nitrogens with one attached hydrogen (secondary N) is 1. The molecule has 15 heavy (non-hydrogen) atoms. The van der Waals surface area contributed by atoms with Crippen LogP contribution in [0.3, 0.4) is 0 Å². The highest BCUT2D eigenvalue weighted by molar-refractivity contribution is 9.10. The van der Waals surface area contributed by atoms with Crippen LogP contribution in [0.1, 0.15) is 17.7 Å². The van der Waals surface area contributed by atoms with Crippen molar-refractivity contribution in [2.24, 2.45) is 5.73 Å². The molecule has 1 aromatic heterocycles. The van der Waals surface area contributed by atoms with E-state index < -0.39 is 0 Å². The van der Waals surface area contributed by atoms with Crippen LogP contribution in [-0.2, 0) is 11.3 Å². The lowest BCUT2D eigenvalue weighted by Gasteiger charge is -2.00. The summed E-state index contributed by atoms with van der Waals surface area (Å²) in [7, 11) is 0. The topological polar surface area (TPSA) is 55.1 Å². The molecule has 84 valence electrons. The molecule has 1 amide bonds. The summed E-state index contributed by atoms with van der Waals surface area (Å²) < 4.78 is 1.70. The Morgan fingerprint density at radius 2 is 2.40 bits per heavy atom. The van der Waals surface area contributed by atoms with E-state index in [-0.39, 0.29) is 5.91 Å². The Kier molecular flexibility index (Phi) is 5.60. The Morgan fingerprint density at radius 1 is 1.67 bits per heavy atom. The third-order valence-corrected chi connectivity index (χ3v) is 4.25. The molecule has 0 atom stereocenters. The smallest absolute Gasteiger partial charge is 0.217 e. The van der Waals surface area contributed by atoms with E-state index >= 15 is 0 Å². The second kappa shape index (κ2) is 6.48. The van der Waals surface area contributed by atoms with E-state index in [1.54, 1.807) is 11.3 Å². The van der Waals surface area contributed by atoms with Crippen LogP contribution in [0.25, 0.3) is 0 Å². The van der Waals surface area contributed by atoms with Gasteiger partial charge in [-0.1, -0.05) is 11.6 Å². The molecule has 0 aliphatic rings. The molecule has 0 saturated carbocycles. The molecule has 0 fully saturated rings. The molecule has 1 rings (SSSR count). The molecule has 0 saturated heterocycles. The van der Waals surface area contributed by atoms with Gasteiger partial charge in [-0.05, 0) is 35.0 Å². The van der Waals surface area contributed by atoms with Crippen LogP contribution in [0, 0.1) is 0 Å².